The second-order valence-electron chi connectivity index (χ2n) is 5.99. The summed E-state index contributed by atoms with van der Waals surface area (Å²) in [6.45, 7) is 1.76. The molecule has 1 amide bonds. The van der Waals surface area contributed by atoms with Crippen molar-refractivity contribution in [2.75, 3.05) is 5.32 Å². The molecule has 1 atom stereocenters. The molecule has 2 heterocycles. The van der Waals surface area contributed by atoms with Crippen molar-refractivity contribution in [3.8, 4) is 0 Å². The van der Waals surface area contributed by atoms with Gasteiger partial charge in [-0.1, -0.05) is 30.3 Å². The van der Waals surface area contributed by atoms with Gasteiger partial charge in [-0.15, -0.1) is 0 Å². The van der Waals surface area contributed by atoms with Gasteiger partial charge >= 0.3 is 6.18 Å². The Morgan fingerprint density at radius 2 is 2.18 bits per heavy atom. The molecule has 150 valence electrons. The summed E-state index contributed by atoms with van der Waals surface area (Å²) < 4.78 is 38.7. The van der Waals surface area contributed by atoms with E-state index in [1.54, 1.807) is 18.7 Å². The van der Waals surface area contributed by atoms with E-state index < -0.39 is 22.9 Å². The van der Waals surface area contributed by atoms with E-state index in [1.165, 1.54) is 0 Å². The van der Waals surface area contributed by atoms with Crippen LogP contribution in [0.3, 0.4) is 0 Å². The summed E-state index contributed by atoms with van der Waals surface area (Å²) in [5, 5.41) is 2.09. The molecule has 1 aliphatic heterocycles. The predicted molar refractivity (Wildman–Crippen MR) is 105 cm³/mol. The summed E-state index contributed by atoms with van der Waals surface area (Å²) in [6, 6.07) is 2.73. The van der Waals surface area contributed by atoms with E-state index in [-0.39, 0.29) is 16.3 Å². The molecule has 0 spiro atoms. The Labute approximate surface area is 171 Å². The first-order valence-electron chi connectivity index (χ1n) is 8.23. The fraction of sp³-hybridized carbons (Fsp3) is 0.353. The first-order chi connectivity index (χ1) is 13.2. The quantitative estimate of drug-likeness (QED) is 0.511. The number of alkyl halides is 3. The van der Waals surface area contributed by atoms with Gasteiger partial charge in [-0.3, -0.25) is 9.59 Å². The Kier molecular flexibility index (Phi) is 6.31. The van der Waals surface area contributed by atoms with E-state index >= 15 is 0 Å². The number of aromatic amines is 1. The van der Waals surface area contributed by atoms with Crippen LogP contribution in [0.1, 0.15) is 30.2 Å². The average molecular weight is 450 g/mol. The van der Waals surface area contributed by atoms with Gasteiger partial charge in [-0.05, 0) is 24.6 Å². The summed E-state index contributed by atoms with van der Waals surface area (Å²) in [7, 11) is 0. The number of thioether (sulfide) groups is 2. The summed E-state index contributed by atoms with van der Waals surface area (Å²) in [5.74, 6) is 0.718. The zero-order valence-corrected chi connectivity index (χ0v) is 16.9. The molecular formula is C17H15ClF3N3O2S2. The molecule has 0 fully saturated rings. The molecule has 1 aromatic heterocycles. The van der Waals surface area contributed by atoms with E-state index in [4.69, 9.17) is 11.6 Å². The van der Waals surface area contributed by atoms with Crippen LogP contribution < -0.4 is 10.9 Å². The molecule has 2 aromatic rings. The molecule has 5 nitrogen and oxygen atoms in total. The number of H-pyrrole nitrogens is 1. The van der Waals surface area contributed by atoms with Crippen molar-refractivity contribution < 1.29 is 18.0 Å². The first kappa shape index (κ1) is 21.1. The lowest BCUT2D eigenvalue weighted by atomic mass is 10.2. The molecule has 0 saturated heterocycles. The van der Waals surface area contributed by atoms with Gasteiger partial charge in [0.1, 0.15) is 0 Å². The zero-order chi connectivity index (χ0) is 20.5. The van der Waals surface area contributed by atoms with E-state index in [0.717, 1.165) is 30.0 Å². The number of nitrogens with zero attached hydrogens (tertiary/aromatic N) is 1. The number of nitrogens with one attached hydrogen (secondary N) is 2. The van der Waals surface area contributed by atoms with Gasteiger partial charge < -0.3 is 10.3 Å². The molecule has 11 heteroatoms. The van der Waals surface area contributed by atoms with Crippen LogP contribution >= 0.6 is 35.1 Å². The lowest BCUT2D eigenvalue weighted by Gasteiger charge is -2.16. The second kappa shape index (κ2) is 8.38. The highest BCUT2D eigenvalue weighted by molar-refractivity contribution is 8.00. The van der Waals surface area contributed by atoms with Crippen LogP contribution in [0.4, 0.5) is 18.9 Å². The van der Waals surface area contributed by atoms with Gasteiger partial charge in [0, 0.05) is 17.1 Å². The lowest BCUT2D eigenvalue weighted by molar-refractivity contribution is -0.137. The monoisotopic (exact) mass is 449 g/mol. The lowest BCUT2D eigenvalue weighted by Crippen LogP contribution is -2.26. The van der Waals surface area contributed by atoms with Gasteiger partial charge in [0.15, 0.2) is 5.16 Å². The molecule has 1 unspecified atom stereocenters. The number of carbonyl (C=O) groups is 1. The van der Waals surface area contributed by atoms with Crippen LogP contribution in [0.15, 0.2) is 28.2 Å². The minimum Gasteiger partial charge on any atom is -0.324 e. The number of rotatable bonds is 5. The third kappa shape index (κ3) is 4.66. The molecule has 0 aliphatic carbocycles. The number of hydrogen-bond acceptors (Lipinski definition) is 5. The largest absolute Gasteiger partial charge is 0.416 e. The van der Waals surface area contributed by atoms with E-state index in [1.807, 2.05) is 0 Å². The molecule has 0 radical (unpaired) electrons. The molecule has 1 aliphatic rings. The van der Waals surface area contributed by atoms with E-state index in [9.17, 15) is 22.8 Å². The molecule has 28 heavy (non-hydrogen) atoms. The minimum atomic E-state index is -4.55. The third-order valence-corrected chi connectivity index (χ3v) is 6.58. The maximum atomic E-state index is 12.9. The van der Waals surface area contributed by atoms with Crippen LogP contribution in [0, 0.1) is 0 Å². The number of benzene rings is 1. The molecule has 3 rings (SSSR count). The number of carbonyl (C=O) groups excluding carboxylic acids is 1. The Hall–Kier alpha value is -1.65. The van der Waals surface area contributed by atoms with Gasteiger partial charge in [-0.2, -0.15) is 24.9 Å². The Bertz CT molecular complexity index is 966. The zero-order valence-electron chi connectivity index (χ0n) is 14.5. The fourth-order valence-electron chi connectivity index (χ4n) is 2.56. The first-order valence-corrected chi connectivity index (χ1v) is 10.6. The summed E-state index contributed by atoms with van der Waals surface area (Å²) in [4.78, 5) is 31.7. The Morgan fingerprint density at radius 1 is 1.43 bits per heavy atom. The van der Waals surface area contributed by atoms with Crippen molar-refractivity contribution >= 4 is 46.7 Å². The SMILES string of the molecule is CCC(Sc1nc2c(c(=O)[nH]1)CSC2)C(=O)Nc1cc(C(F)(F)F)ccc1Cl. The van der Waals surface area contributed by atoms with Crippen LogP contribution in [-0.2, 0) is 22.5 Å². The summed E-state index contributed by atoms with van der Waals surface area (Å²) >= 11 is 8.58. The van der Waals surface area contributed by atoms with E-state index in [2.05, 4.69) is 15.3 Å². The van der Waals surface area contributed by atoms with Crippen LogP contribution in [-0.4, -0.2) is 21.1 Å². The van der Waals surface area contributed by atoms with E-state index in [0.29, 0.717) is 34.3 Å². The van der Waals surface area contributed by atoms with Gasteiger partial charge in [0.25, 0.3) is 5.56 Å². The second-order valence-corrected chi connectivity index (χ2v) is 8.57. The van der Waals surface area contributed by atoms with Crippen molar-refractivity contribution in [1.29, 1.82) is 0 Å². The van der Waals surface area contributed by atoms with Gasteiger partial charge in [0.05, 0.1) is 27.2 Å². The van der Waals surface area contributed by atoms with Crippen LogP contribution in [0.25, 0.3) is 0 Å². The maximum absolute atomic E-state index is 12.9. The Morgan fingerprint density at radius 3 is 2.86 bits per heavy atom. The minimum absolute atomic E-state index is 0.00212. The van der Waals surface area contributed by atoms with Crippen molar-refractivity contribution in [3.05, 3.63) is 50.4 Å². The maximum Gasteiger partial charge on any atom is 0.416 e. The number of aromatic nitrogens is 2. The number of amides is 1. The third-order valence-electron chi connectivity index (χ3n) is 4.03. The van der Waals surface area contributed by atoms with Gasteiger partial charge in [-0.25, -0.2) is 4.98 Å². The average Bonchev–Trinajstić information content (AvgIpc) is 3.09. The molecular weight excluding hydrogens is 435 g/mol. The molecule has 0 saturated carbocycles. The van der Waals surface area contributed by atoms with Crippen LogP contribution in [0.2, 0.25) is 5.02 Å². The fourth-order valence-corrected chi connectivity index (χ4v) is 4.68. The number of hydrogen-bond donors (Lipinski definition) is 2. The highest BCUT2D eigenvalue weighted by Gasteiger charge is 2.31. The number of anilines is 1. The highest BCUT2D eigenvalue weighted by Crippen LogP contribution is 2.34. The number of halogens is 4. The predicted octanol–water partition coefficient (Wildman–Crippen LogP) is 4.70. The standard InChI is InChI=1S/C17H15ClF3N3O2S2/c1-2-13(28-16-23-12-7-27-6-9(12)14(25)24-16)15(26)22-11-5-8(17(19,20)21)3-4-10(11)18/h3-5,13H,2,6-7H2,1H3,(H,22,26)(H,23,24,25). The molecule has 0 bridgehead atoms. The molecule has 2 N–H and O–H groups in total. The van der Waals surface area contributed by atoms with Crippen molar-refractivity contribution in [2.24, 2.45) is 0 Å². The summed E-state index contributed by atoms with van der Waals surface area (Å²) in [5.41, 5.74) is 0.0890. The highest BCUT2D eigenvalue weighted by atomic mass is 35.5. The smallest absolute Gasteiger partial charge is 0.324 e. The summed E-state index contributed by atoms with van der Waals surface area (Å²) in [6.07, 6.45) is -4.17. The topological polar surface area (TPSA) is 74.8 Å². The van der Waals surface area contributed by atoms with Crippen LogP contribution in [0.5, 0.6) is 0 Å². The van der Waals surface area contributed by atoms with Gasteiger partial charge in [0.2, 0.25) is 5.91 Å². The Balaban J connectivity index is 1.78. The normalized spacial score (nSPS) is 14.6. The van der Waals surface area contributed by atoms with Crippen molar-refractivity contribution in [3.63, 3.8) is 0 Å². The number of fused-ring (bicyclic) bond motifs is 1. The van der Waals surface area contributed by atoms with Crippen molar-refractivity contribution in [1.82, 2.24) is 9.97 Å². The van der Waals surface area contributed by atoms with Crippen molar-refractivity contribution in [2.45, 2.75) is 41.4 Å². The molecule has 1 aromatic carbocycles.